The summed E-state index contributed by atoms with van der Waals surface area (Å²) < 4.78 is 13.8. The number of nitrogens with zero attached hydrogens (tertiary/aromatic N) is 1. The van der Waals surface area contributed by atoms with Gasteiger partial charge in [0.1, 0.15) is 11.7 Å². The normalized spacial score (nSPS) is 15.4. The van der Waals surface area contributed by atoms with Crippen molar-refractivity contribution >= 4 is 21.8 Å². The Morgan fingerprint density at radius 3 is 3.00 bits per heavy atom. The van der Waals surface area contributed by atoms with Gasteiger partial charge >= 0.3 is 0 Å². The highest BCUT2D eigenvalue weighted by Gasteiger charge is 2.11. The van der Waals surface area contributed by atoms with Crippen LogP contribution in [-0.4, -0.2) is 18.9 Å². The summed E-state index contributed by atoms with van der Waals surface area (Å²) in [6.07, 6.45) is 0. The molecule has 1 aromatic rings. The quantitative estimate of drug-likeness (QED) is 0.800. The Hall–Kier alpha value is -0.900. The summed E-state index contributed by atoms with van der Waals surface area (Å²) in [6, 6.07) is 4.58. The lowest BCUT2D eigenvalue weighted by molar-refractivity contribution is 0.627. The molecule has 1 aliphatic heterocycles. The number of hydrogen-bond acceptors (Lipinski definition) is 2. The molecule has 0 atom stereocenters. The minimum Gasteiger partial charge on any atom is -0.368 e. The molecule has 0 radical (unpaired) electrons. The molecule has 68 valence electrons. The predicted molar refractivity (Wildman–Crippen MR) is 53.5 cm³/mol. The van der Waals surface area contributed by atoms with Gasteiger partial charge in [-0.2, -0.15) is 0 Å². The van der Waals surface area contributed by atoms with E-state index in [4.69, 9.17) is 0 Å². The number of nitrogens with one attached hydrogen (secondary N) is 1. The van der Waals surface area contributed by atoms with E-state index in [0.29, 0.717) is 0 Å². The van der Waals surface area contributed by atoms with E-state index < -0.39 is 0 Å². The maximum Gasteiger partial charge on any atom is 0.129 e. The van der Waals surface area contributed by atoms with E-state index in [2.05, 4.69) is 26.2 Å². The molecule has 0 saturated heterocycles. The Morgan fingerprint density at radius 1 is 1.46 bits per heavy atom. The van der Waals surface area contributed by atoms with Crippen LogP contribution in [0.5, 0.6) is 0 Å². The van der Waals surface area contributed by atoms with Crippen LogP contribution in [-0.2, 0) is 0 Å². The summed E-state index contributed by atoms with van der Waals surface area (Å²) >= 11 is 3.35. The third kappa shape index (κ3) is 1.72. The number of halogens is 2. The third-order valence-corrected chi connectivity index (χ3v) is 2.55. The lowest BCUT2D eigenvalue weighted by Crippen LogP contribution is -2.19. The number of hydrogen-bond donors (Lipinski definition) is 1. The monoisotopic (exact) mass is 242 g/mol. The standard InChI is InChI=1S/C9H8BrFN2/c10-8-2-1-6(11)5-7(8)9-12-3-4-13-9/h1-2,5H,3-4H2,(H,12,13). The van der Waals surface area contributed by atoms with Crippen LogP contribution < -0.4 is 5.32 Å². The van der Waals surface area contributed by atoms with E-state index in [0.717, 1.165) is 29.0 Å². The van der Waals surface area contributed by atoms with E-state index >= 15 is 0 Å². The molecule has 0 bridgehead atoms. The van der Waals surface area contributed by atoms with Crippen LogP contribution >= 0.6 is 15.9 Å². The highest BCUT2D eigenvalue weighted by Crippen LogP contribution is 2.18. The maximum absolute atomic E-state index is 12.9. The van der Waals surface area contributed by atoms with Crippen LogP contribution in [0.4, 0.5) is 4.39 Å². The summed E-state index contributed by atoms with van der Waals surface area (Å²) in [6.45, 7) is 1.59. The van der Waals surface area contributed by atoms with Crippen LogP contribution in [0.1, 0.15) is 5.56 Å². The van der Waals surface area contributed by atoms with Crippen molar-refractivity contribution in [3.63, 3.8) is 0 Å². The van der Waals surface area contributed by atoms with E-state index in [-0.39, 0.29) is 5.82 Å². The van der Waals surface area contributed by atoms with Gasteiger partial charge in [0.25, 0.3) is 0 Å². The molecule has 0 saturated carbocycles. The van der Waals surface area contributed by atoms with Gasteiger partial charge in [-0.15, -0.1) is 0 Å². The molecule has 1 aromatic carbocycles. The van der Waals surface area contributed by atoms with E-state index in [9.17, 15) is 4.39 Å². The molecule has 2 nitrogen and oxygen atoms in total. The Bertz CT molecular complexity index is 363. The Balaban J connectivity index is 2.43. The fourth-order valence-electron chi connectivity index (χ4n) is 1.26. The topological polar surface area (TPSA) is 24.4 Å². The largest absolute Gasteiger partial charge is 0.368 e. The summed E-state index contributed by atoms with van der Waals surface area (Å²) in [5.74, 6) is 0.529. The Morgan fingerprint density at radius 2 is 2.31 bits per heavy atom. The average Bonchev–Trinajstić information content (AvgIpc) is 2.61. The molecule has 1 aliphatic rings. The lowest BCUT2D eigenvalue weighted by atomic mass is 10.2. The second-order valence-corrected chi connectivity index (χ2v) is 3.64. The van der Waals surface area contributed by atoms with Gasteiger partial charge < -0.3 is 5.32 Å². The van der Waals surface area contributed by atoms with Gasteiger partial charge in [0.15, 0.2) is 0 Å². The van der Waals surface area contributed by atoms with Gasteiger partial charge in [-0.3, -0.25) is 4.99 Å². The SMILES string of the molecule is Fc1ccc(Br)c(C2=NCCN2)c1. The lowest BCUT2D eigenvalue weighted by Gasteiger charge is -2.04. The van der Waals surface area contributed by atoms with Gasteiger partial charge in [0.2, 0.25) is 0 Å². The molecule has 0 fully saturated rings. The molecular weight excluding hydrogens is 235 g/mol. The average molecular weight is 243 g/mol. The van der Waals surface area contributed by atoms with E-state index in [1.165, 1.54) is 12.1 Å². The first-order chi connectivity index (χ1) is 6.27. The minimum absolute atomic E-state index is 0.241. The van der Waals surface area contributed by atoms with Crippen molar-refractivity contribution < 1.29 is 4.39 Å². The van der Waals surface area contributed by atoms with Crippen molar-refractivity contribution in [3.05, 3.63) is 34.1 Å². The van der Waals surface area contributed by atoms with Gasteiger partial charge in [-0.05, 0) is 18.2 Å². The van der Waals surface area contributed by atoms with Crippen molar-refractivity contribution in [3.8, 4) is 0 Å². The first-order valence-corrected chi connectivity index (χ1v) is 4.80. The van der Waals surface area contributed by atoms with Gasteiger partial charge in [-0.25, -0.2) is 4.39 Å². The highest BCUT2D eigenvalue weighted by molar-refractivity contribution is 9.10. The Kier molecular flexibility index (Phi) is 2.31. The first-order valence-electron chi connectivity index (χ1n) is 4.01. The summed E-state index contributed by atoms with van der Waals surface area (Å²) in [7, 11) is 0. The molecule has 0 unspecified atom stereocenters. The third-order valence-electron chi connectivity index (χ3n) is 1.86. The summed E-state index contributed by atoms with van der Waals surface area (Å²) in [4.78, 5) is 4.22. The highest BCUT2D eigenvalue weighted by atomic mass is 79.9. The predicted octanol–water partition coefficient (Wildman–Crippen LogP) is 1.94. The van der Waals surface area contributed by atoms with Crippen molar-refractivity contribution in [2.24, 2.45) is 4.99 Å². The van der Waals surface area contributed by atoms with Crippen molar-refractivity contribution in [2.75, 3.05) is 13.1 Å². The van der Waals surface area contributed by atoms with E-state index in [1.54, 1.807) is 6.07 Å². The zero-order valence-corrected chi connectivity index (χ0v) is 8.44. The molecule has 0 aliphatic carbocycles. The summed E-state index contributed by atoms with van der Waals surface area (Å²) in [5, 5.41) is 3.09. The second kappa shape index (κ2) is 3.46. The molecule has 2 rings (SSSR count). The van der Waals surface area contributed by atoms with Gasteiger partial charge in [0.05, 0.1) is 6.54 Å². The molecular formula is C9H8BrFN2. The summed E-state index contributed by atoms with van der Waals surface area (Å²) in [5.41, 5.74) is 0.789. The smallest absolute Gasteiger partial charge is 0.129 e. The minimum atomic E-state index is -0.241. The van der Waals surface area contributed by atoms with Crippen LogP contribution in [0.25, 0.3) is 0 Å². The van der Waals surface area contributed by atoms with Crippen LogP contribution in [0, 0.1) is 5.82 Å². The molecule has 0 amide bonds. The van der Waals surface area contributed by atoms with Gasteiger partial charge in [-0.1, -0.05) is 15.9 Å². The van der Waals surface area contributed by atoms with Crippen LogP contribution in [0.3, 0.4) is 0 Å². The molecule has 0 spiro atoms. The second-order valence-electron chi connectivity index (χ2n) is 2.78. The molecule has 4 heteroatoms. The zero-order valence-electron chi connectivity index (χ0n) is 6.85. The molecule has 0 aromatic heterocycles. The van der Waals surface area contributed by atoms with Crippen LogP contribution in [0.15, 0.2) is 27.7 Å². The number of benzene rings is 1. The molecule has 1 heterocycles. The number of amidine groups is 1. The van der Waals surface area contributed by atoms with Crippen molar-refractivity contribution in [2.45, 2.75) is 0 Å². The number of aliphatic imine (C=N–C) groups is 1. The van der Waals surface area contributed by atoms with Crippen molar-refractivity contribution in [1.82, 2.24) is 5.32 Å². The van der Waals surface area contributed by atoms with Crippen molar-refractivity contribution in [1.29, 1.82) is 0 Å². The zero-order chi connectivity index (χ0) is 9.26. The fourth-order valence-corrected chi connectivity index (χ4v) is 1.69. The Labute approximate surface area is 84.0 Å². The van der Waals surface area contributed by atoms with Crippen LogP contribution in [0.2, 0.25) is 0 Å². The van der Waals surface area contributed by atoms with E-state index in [1.807, 2.05) is 0 Å². The molecule has 13 heavy (non-hydrogen) atoms. The van der Waals surface area contributed by atoms with Gasteiger partial charge in [0, 0.05) is 16.6 Å². The molecule has 1 N–H and O–H groups in total. The fraction of sp³-hybridized carbons (Fsp3) is 0.222. The maximum atomic E-state index is 12.9. The first kappa shape index (κ1) is 8.69. The number of rotatable bonds is 1.